The topological polar surface area (TPSA) is 73.9 Å². The molecule has 0 unspecified atom stereocenters. The molecule has 0 aliphatic carbocycles. The molecule has 1 aromatic rings. The van der Waals surface area contributed by atoms with Gasteiger partial charge in [-0.2, -0.15) is 0 Å². The number of esters is 1. The number of amides is 1. The van der Waals surface area contributed by atoms with Crippen LogP contribution in [0.25, 0.3) is 0 Å². The van der Waals surface area contributed by atoms with E-state index in [1.807, 2.05) is 0 Å². The van der Waals surface area contributed by atoms with Gasteiger partial charge in [0.25, 0.3) is 5.91 Å². The molecule has 0 aliphatic heterocycles. The summed E-state index contributed by atoms with van der Waals surface area (Å²) < 4.78 is 15.1. The second-order valence-corrected chi connectivity index (χ2v) is 3.85. The molecule has 1 amide bonds. The minimum Gasteiger partial charge on any atom is -0.493 e. The van der Waals surface area contributed by atoms with Crippen LogP contribution in [0.15, 0.2) is 18.2 Å². The Kier molecular flexibility index (Phi) is 6.36. The van der Waals surface area contributed by atoms with E-state index < -0.39 is 0 Å². The minimum absolute atomic E-state index is 0.131. The van der Waals surface area contributed by atoms with Crippen molar-refractivity contribution in [1.82, 2.24) is 5.32 Å². The van der Waals surface area contributed by atoms with Crippen LogP contribution in [0.2, 0.25) is 0 Å². The Balaban J connectivity index is 2.66. The number of benzene rings is 1. The largest absolute Gasteiger partial charge is 0.493 e. The van der Waals surface area contributed by atoms with Crippen molar-refractivity contribution in [2.24, 2.45) is 0 Å². The van der Waals surface area contributed by atoms with Gasteiger partial charge in [-0.25, -0.2) is 0 Å². The Morgan fingerprint density at radius 1 is 1.20 bits per heavy atom. The predicted octanol–water partition coefficient (Wildman–Crippen LogP) is 1.39. The highest BCUT2D eigenvalue weighted by Gasteiger charge is 2.16. The Morgan fingerprint density at radius 3 is 2.55 bits per heavy atom. The number of rotatable bonds is 7. The lowest BCUT2D eigenvalue weighted by atomic mass is 10.1. The maximum Gasteiger partial charge on any atom is 0.307 e. The molecule has 0 saturated heterocycles. The van der Waals surface area contributed by atoms with Gasteiger partial charge in [-0.3, -0.25) is 9.59 Å². The van der Waals surface area contributed by atoms with Crippen LogP contribution >= 0.6 is 0 Å². The second-order valence-electron chi connectivity index (χ2n) is 3.85. The number of carbonyl (C=O) groups is 2. The van der Waals surface area contributed by atoms with Crippen LogP contribution in [0.5, 0.6) is 11.5 Å². The summed E-state index contributed by atoms with van der Waals surface area (Å²) >= 11 is 0. The third kappa shape index (κ3) is 4.15. The number of methoxy groups -OCH3 is 2. The lowest BCUT2D eigenvalue weighted by molar-refractivity contribution is -0.142. The van der Waals surface area contributed by atoms with Gasteiger partial charge in [-0.15, -0.1) is 0 Å². The highest BCUT2D eigenvalue weighted by Crippen LogP contribution is 2.30. The molecule has 0 radical (unpaired) electrons. The quantitative estimate of drug-likeness (QED) is 0.764. The summed E-state index contributed by atoms with van der Waals surface area (Å²) in [5.74, 6) is 0.171. The maximum atomic E-state index is 12.0. The van der Waals surface area contributed by atoms with Crippen LogP contribution in [0.1, 0.15) is 23.7 Å². The molecular formula is C14H19NO5. The summed E-state index contributed by atoms with van der Waals surface area (Å²) in [6.07, 6.45) is 0.131. The van der Waals surface area contributed by atoms with Crippen LogP contribution in [-0.4, -0.2) is 39.2 Å². The van der Waals surface area contributed by atoms with E-state index in [9.17, 15) is 9.59 Å². The molecule has 110 valence electrons. The van der Waals surface area contributed by atoms with Crippen LogP contribution in [0, 0.1) is 0 Å². The van der Waals surface area contributed by atoms with Crippen molar-refractivity contribution in [1.29, 1.82) is 0 Å². The summed E-state index contributed by atoms with van der Waals surface area (Å²) in [5, 5.41) is 2.64. The van der Waals surface area contributed by atoms with Gasteiger partial charge < -0.3 is 19.5 Å². The van der Waals surface area contributed by atoms with Gasteiger partial charge >= 0.3 is 5.97 Å². The molecule has 0 atom stereocenters. The van der Waals surface area contributed by atoms with E-state index in [4.69, 9.17) is 14.2 Å². The molecule has 0 saturated carbocycles. The van der Waals surface area contributed by atoms with E-state index in [1.165, 1.54) is 14.2 Å². The van der Waals surface area contributed by atoms with Gasteiger partial charge in [0.05, 0.1) is 32.8 Å². The van der Waals surface area contributed by atoms with Gasteiger partial charge in [0.15, 0.2) is 11.5 Å². The molecule has 0 aromatic heterocycles. The second kappa shape index (κ2) is 8.04. The van der Waals surface area contributed by atoms with Crippen molar-refractivity contribution in [3.05, 3.63) is 23.8 Å². The normalized spacial score (nSPS) is 9.75. The van der Waals surface area contributed by atoms with Gasteiger partial charge in [-0.1, -0.05) is 6.07 Å². The molecule has 0 aliphatic rings. The number of carbonyl (C=O) groups excluding carboxylic acids is 2. The Labute approximate surface area is 118 Å². The van der Waals surface area contributed by atoms with Gasteiger partial charge in [0.1, 0.15) is 0 Å². The highest BCUT2D eigenvalue weighted by molar-refractivity contribution is 5.97. The van der Waals surface area contributed by atoms with E-state index in [1.54, 1.807) is 25.1 Å². The zero-order chi connectivity index (χ0) is 15.0. The molecule has 0 spiro atoms. The van der Waals surface area contributed by atoms with Crippen LogP contribution < -0.4 is 14.8 Å². The third-order valence-corrected chi connectivity index (χ3v) is 2.57. The van der Waals surface area contributed by atoms with Crippen molar-refractivity contribution in [2.45, 2.75) is 13.3 Å². The third-order valence-electron chi connectivity index (χ3n) is 2.57. The van der Waals surface area contributed by atoms with Crippen molar-refractivity contribution >= 4 is 11.9 Å². The fourth-order valence-electron chi connectivity index (χ4n) is 1.67. The van der Waals surface area contributed by atoms with E-state index in [0.29, 0.717) is 23.7 Å². The molecule has 0 heterocycles. The Morgan fingerprint density at radius 2 is 1.95 bits per heavy atom. The summed E-state index contributed by atoms with van der Waals surface area (Å²) in [4.78, 5) is 23.2. The van der Waals surface area contributed by atoms with Crippen molar-refractivity contribution in [2.75, 3.05) is 27.4 Å². The smallest absolute Gasteiger partial charge is 0.307 e. The van der Waals surface area contributed by atoms with Crippen molar-refractivity contribution in [3.8, 4) is 11.5 Å². The molecular weight excluding hydrogens is 262 g/mol. The summed E-state index contributed by atoms with van der Waals surface area (Å²) in [6.45, 7) is 2.27. The summed E-state index contributed by atoms with van der Waals surface area (Å²) in [5.41, 5.74) is 0.357. The Hall–Kier alpha value is -2.24. The fourth-order valence-corrected chi connectivity index (χ4v) is 1.67. The zero-order valence-corrected chi connectivity index (χ0v) is 11.9. The average molecular weight is 281 g/mol. The molecule has 0 bridgehead atoms. The SMILES string of the molecule is CCOC(=O)CCNC(=O)c1cccc(OC)c1OC. The van der Waals surface area contributed by atoms with Crippen molar-refractivity contribution in [3.63, 3.8) is 0 Å². The lowest BCUT2D eigenvalue weighted by Gasteiger charge is -2.12. The first-order valence-electron chi connectivity index (χ1n) is 6.28. The van der Waals surface area contributed by atoms with Gasteiger partial charge in [-0.05, 0) is 19.1 Å². The number of para-hydroxylation sites is 1. The van der Waals surface area contributed by atoms with Gasteiger partial charge in [0, 0.05) is 6.54 Å². The molecule has 1 N–H and O–H groups in total. The zero-order valence-electron chi connectivity index (χ0n) is 11.9. The van der Waals surface area contributed by atoms with E-state index in [2.05, 4.69) is 5.32 Å². The molecule has 0 fully saturated rings. The first-order valence-corrected chi connectivity index (χ1v) is 6.28. The fraction of sp³-hybridized carbons (Fsp3) is 0.429. The van der Waals surface area contributed by atoms with E-state index >= 15 is 0 Å². The predicted molar refractivity (Wildman–Crippen MR) is 73.1 cm³/mol. The molecule has 1 rings (SSSR count). The maximum absolute atomic E-state index is 12.0. The van der Waals surface area contributed by atoms with Crippen LogP contribution in [-0.2, 0) is 9.53 Å². The van der Waals surface area contributed by atoms with E-state index in [-0.39, 0.29) is 24.8 Å². The monoisotopic (exact) mass is 281 g/mol. The van der Waals surface area contributed by atoms with Crippen LogP contribution in [0.4, 0.5) is 0 Å². The standard InChI is InChI=1S/C14H19NO5/c1-4-20-12(16)8-9-15-14(17)10-6-5-7-11(18-2)13(10)19-3/h5-7H,4,8-9H2,1-3H3,(H,15,17). The average Bonchev–Trinajstić information content (AvgIpc) is 2.46. The molecule has 6 heteroatoms. The molecule has 1 aromatic carbocycles. The van der Waals surface area contributed by atoms with Crippen molar-refractivity contribution < 1.29 is 23.8 Å². The summed E-state index contributed by atoms with van der Waals surface area (Å²) in [7, 11) is 2.97. The minimum atomic E-state index is -0.342. The van der Waals surface area contributed by atoms with Gasteiger partial charge in [0.2, 0.25) is 0 Å². The first kappa shape index (κ1) is 15.8. The van der Waals surface area contributed by atoms with Crippen LogP contribution in [0.3, 0.4) is 0 Å². The Bertz CT molecular complexity index is 473. The lowest BCUT2D eigenvalue weighted by Crippen LogP contribution is -2.27. The summed E-state index contributed by atoms with van der Waals surface area (Å²) in [6, 6.07) is 5.02. The highest BCUT2D eigenvalue weighted by atomic mass is 16.5. The first-order chi connectivity index (χ1) is 9.63. The van der Waals surface area contributed by atoms with E-state index in [0.717, 1.165) is 0 Å². The molecule has 6 nitrogen and oxygen atoms in total. The number of nitrogens with one attached hydrogen (secondary N) is 1. The number of hydrogen-bond acceptors (Lipinski definition) is 5. The number of ether oxygens (including phenoxy) is 3. The number of hydrogen-bond donors (Lipinski definition) is 1. The molecule has 20 heavy (non-hydrogen) atoms.